The smallest absolute Gasteiger partial charge is 0.143 e. The Kier molecular flexibility index (Phi) is 7.82. The van der Waals surface area contributed by atoms with Crippen molar-refractivity contribution in [3.8, 4) is 44.5 Å². The van der Waals surface area contributed by atoms with E-state index in [0.29, 0.717) is 0 Å². The van der Waals surface area contributed by atoms with Crippen molar-refractivity contribution in [2.45, 2.75) is 0 Å². The molecule has 3 nitrogen and oxygen atoms in total. The molecule has 9 aromatic carbocycles. The summed E-state index contributed by atoms with van der Waals surface area (Å²) in [5.41, 5.74) is 16.0. The lowest BCUT2D eigenvalue weighted by molar-refractivity contribution is 0.669. The fraction of sp³-hybridized carbons (Fsp3) is 0. The van der Waals surface area contributed by atoms with E-state index in [9.17, 15) is 0 Å². The van der Waals surface area contributed by atoms with Gasteiger partial charge in [0.2, 0.25) is 0 Å². The number of nitrogens with zero attached hydrogens (tertiary/aromatic N) is 1. The Labute approximate surface area is 330 Å². The first kappa shape index (κ1) is 32.8. The maximum Gasteiger partial charge on any atom is 0.143 e. The topological polar surface area (TPSA) is 29.5 Å². The molecule has 0 aliphatic heterocycles. The van der Waals surface area contributed by atoms with Gasteiger partial charge in [-0.05, 0) is 112 Å². The second-order valence-corrected chi connectivity index (χ2v) is 14.5. The van der Waals surface area contributed by atoms with Crippen LogP contribution in [0.5, 0.6) is 0 Å². The number of hydrogen-bond donors (Lipinski definition) is 0. The van der Waals surface area contributed by atoms with Gasteiger partial charge < -0.3 is 13.7 Å². The molecular formula is C54H35NO2. The molecule has 0 saturated carbocycles. The molecule has 0 aliphatic rings. The summed E-state index contributed by atoms with van der Waals surface area (Å²) in [6.45, 7) is 0. The Morgan fingerprint density at radius 2 is 0.684 bits per heavy atom. The number of anilines is 3. The highest BCUT2D eigenvalue weighted by atomic mass is 16.3. The average Bonchev–Trinajstić information content (AvgIpc) is 3.86. The molecule has 0 unspecified atom stereocenters. The molecular weight excluding hydrogens is 695 g/mol. The van der Waals surface area contributed by atoms with Gasteiger partial charge in [0, 0.05) is 44.2 Å². The maximum atomic E-state index is 6.56. The molecule has 0 fully saturated rings. The van der Waals surface area contributed by atoms with Crippen molar-refractivity contribution in [1.82, 2.24) is 0 Å². The van der Waals surface area contributed by atoms with E-state index in [1.165, 1.54) is 16.7 Å². The van der Waals surface area contributed by atoms with Gasteiger partial charge in [0.1, 0.15) is 22.3 Å². The Morgan fingerprint density at radius 3 is 1.30 bits per heavy atom. The summed E-state index contributed by atoms with van der Waals surface area (Å²) in [6, 6.07) is 75.2. The summed E-state index contributed by atoms with van der Waals surface area (Å²) in [4.78, 5) is 2.33. The first-order chi connectivity index (χ1) is 28.2. The van der Waals surface area contributed by atoms with Gasteiger partial charge in [-0.25, -0.2) is 0 Å². The van der Waals surface area contributed by atoms with Crippen LogP contribution in [0.3, 0.4) is 0 Å². The average molecular weight is 730 g/mol. The van der Waals surface area contributed by atoms with Crippen LogP contribution in [-0.2, 0) is 0 Å². The fourth-order valence-corrected chi connectivity index (χ4v) is 8.22. The summed E-state index contributed by atoms with van der Waals surface area (Å²) < 4.78 is 12.7. The zero-order valence-corrected chi connectivity index (χ0v) is 31.0. The van der Waals surface area contributed by atoms with E-state index in [2.05, 4.69) is 193 Å². The van der Waals surface area contributed by atoms with Gasteiger partial charge >= 0.3 is 0 Å². The van der Waals surface area contributed by atoms with Crippen LogP contribution in [0.2, 0.25) is 0 Å². The number of furan rings is 2. The Balaban J connectivity index is 1.00. The highest BCUT2D eigenvalue weighted by Crippen LogP contribution is 2.42. The molecule has 0 spiro atoms. The third kappa shape index (κ3) is 5.85. The lowest BCUT2D eigenvalue weighted by Crippen LogP contribution is -2.09. The van der Waals surface area contributed by atoms with E-state index < -0.39 is 0 Å². The van der Waals surface area contributed by atoms with Crippen LogP contribution in [-0.4, -0.2) is 0 Å². The lowest BCUT2D eigenvalue weighted by atomic mass is 9.95. The number of fused-ring (bicyclic) bond motifs is 6. The van der Waals surface area contributed by atoms with Gasteiger partial charge in [-0.3, -0.25) is 0 Å². The van der Waals surface area contributed by atoms with Crippen molar-refractivity contribution in [1.29, 1.82) is 0 Å². The summed E-state index contributed by atoms with van der Waals surface area (Å²) in [7, 11) is 0. The van der Waals surface area contributed by atoms with Gasteiger partial charge in [-0.1, -0.05) is 140 Å². The maximum absolute atomic E-state index is 6.56. The van der Waals surface area contributed by atoms with E-state index in [0.717, 1.165) is 88.8 Å². The second kappa shape index (κ2) is 13.6. The molecule has 3 heteroatoms. The van der Waals surface area contributed by atoms with Gasteiger partial charge in [0.15, 0.2) is 0 Å². The molecule has 11 aromatic rings. The number of hydrogen-bond acceptors (Lipinski definition) is 3. The van der Waals surface area contributed by atoms with Crippen LogP contribution >= 0.6 is 0 Å². The van der Waals surface area contributed by atoms with E-state index in [1.807, 2.05) is 24.3 Å². The summed E-state index contributed by atoms with van der Waals surface area (Å²) >= 11 is 0. The van der Waals surface area contributed by atoms with E-state index >= 15 is 0 Å². The molecule has 0 radical (unpaired) electrons. The lowest BCUT2D eigenvalue weighted by Gasteiger charge is -2.26. The Bertz CT molecular complexity index is 3200. The summed E-state index contributed by atoms with van der Waals surface area (Å²) in [5, 5.41) is 4.50. The van der Waals surface area contributed by atoms with Crippen molar-refractivity contribution in [2.24, 2.45) is 0 Å². The van der Waals surface area contributed by atoms with Gasteiger partial charge in [-0.15, -0.1) is 0 Å². The first-order valence-corrected chi connectivity index (χ1v) is 19.3. The number of rotatable bonds is 7. The van der Waals surface area contributed by atoms with Gasteiger partial charge in [-0.2, -0.15) is 0 Å². The molecule has 0 atom stereocenters. The molecule has 11 rings (SSSR count). The quantitative estimate of drug-likeness (QED) is 0.164. The summed E-state index contributed by atoms with van der Waals surface area (Å²) in [6.07, 6.45) is 0. The minimum atomic E-state index is 0.891. The Hall–Kier alpha value is -7.62. The third-order valence-electron chi connectivity index (χ3n) is 11.1. The highest BCUT2D eigenvalue weighted by Gasteiger charge is 2.18. The van der Waals surface area contributed by atoms with Gasteiger partial charge in [0.25, 0.3) is 0 Å². The second-order valence-electron chi connectivity index (χ2n) is 14.5. The molecule has 0 aliphatic carbocycles. The van der Waals surface area contributed by atoms with Crippen LogP contribution in [0.4, 0.5) is 17.1 Å². The SMILES string of the molecule is c1ccc(-c2ccc(N(c3ccc(-c4ccc5oc6ccccc6c5c4)cc3)c3ccc(-c4cc(-c5ccccc5)cc5c4oc4ccccc45)cc3)cc2)cc1. The number of benzene rings is 9. The minimum absolute atomic E-state index is 0.891. The first-order valence-electron chi connectivity index (χ1n) is 19.3. The molecule has 2 aromatic heterocycles. The van der Waals surface area contributed by atoms with Crippen LogP contribution in [0, 0.1) is 0 Å². The molecule has 57 heavy (non-hydrogen) atoms. The molecule has 0 amide bonds. The van der Waals surface area contributed by atoms with Crippen molar-refractivity contribution in [3.05, 3.63) is 212 Å². The Morgan fingerprint density at radius 1 is 0.263 bits per heavy atom. The van der Waals surface area contributed by atoms with Crippen LogP contribution < -0.4 is 4.90 Å². The normalized spacial score (nSPS) is 11.5. The third-order valence-corrected chi connectivity index (χ3v) is 11.1. The highest BCUT2D eigenvalue weighted by molar-refractivity contribution is 6.11. The van der Waals surface area contributed by atoms with E-state index in [1.54, 1.807) is 0 Å². The van der Waals surface area contributed by atoms with Crippen LogP contribution in [0.1, 0.15) is 0 Å². The minimum Gasteiger partial charge on any atom is -0.456 e. The van der Waals surface area contributed by atoms with Crippen LogP contribution in [0.15, 0.2) is 221 Å². The van der Waals surface area contributed by atoms with Gasteiger partial charge in [0.05, 0.1) is 0 Å². The largest absolute Gasteiger partial charge is 0.456 e. The van der Waals surface area contributed by atoms with E-state index in [4.69, 9.17) is 8.83 Å². The van der Waals surface area contributed by atoms with Crippen molar-refractivity contribution < 1.29 is 8.83 Å². The van der Waals surface area contributed by atoms with Crippen molar-refractivity contribution in [3.63, 3.8) is 0 Å². The standard InChI is InChI=1S/C54H35NO2/c1-3-11-36(12-4-1)38-19-26-43(27-20-38)55(44-28-21-39(22-29-44)41-25-32-53-49(33-41)46-15-7-9-17-51(46)56-53)45-30-23-40(24-31-45)48-34-42(37-13-5-2-6-14-37)35-50-47-16-8-10-18-52(47)57-54(48)50/h1-35H. The van der Waals surface area contributed by atoms with Crippen LogP contribution in [0.25, 0.3) is 88.4 Å². The number of para-hydroxylation sites is 2. The zero-order chi connectivity index (χ0) is 37.7. The zero-order valence-electron chi connectivity index (χ0n) is 31.0. The molecule has 268 valence electrons. The van der Waals surface area contributed by atoms with Crippen molar-refractivity contribution >= 4 is 60.9 Å². The monoisotopic (exact) mass is 729 g/mol. The van der Waals surface area contributed by atoms with Crippen molar-refractivity contribution in [2.75, 3.05) is 4.90 Å². The molecule has 0 bridgehead atoms. The molecule has 0 saturated heterocycles. The molecule has 2 heterocycles. The predicted octanol–water partition coefficient (Wildman–Crippen LogP) is 15.6. The molecule has 0 N–H and O–H groups in total. The fourth-order valence-electron chi connectivity index (χ4n) is 8.22. The predicted molar refractivity (Wildman–Crippen MR) is 237 cm³/mol. The van der Waals surface area contributed by atoms with E-state index in [-0.39, 0.29) is 0 Å². The summed E-state index contributed by atoms with van der Waals surface area (Å²) in [5.74, 6) is 0.